The number of aryl methyl sites for hydroxylation is 1. The highest BCUT2D eigenvalue weighted by Crippen LogP contribution is 2.40. The number of methoxy groups -OCH3 is 1. The highest BCUT2D eigenvalue weighted by molar-refractivity contribution is 7.70. The van der Waals surface area contributed by atoms with Crippen molar-refractivity contribution >= 4 is 41.3 Å². The molecule has 11 nitrogen and oxygen atoms in total. The van der Waals surface area contributed by atoms with Gasteiger partial charge in [0.15, 0.2) is 0 Å². The van der Waals surface area contributed by atoms with E-state index in [9.17, 15) is 4.57 Å². The molecule has 2 fully saturated rings. The largest absolute Gasteiger partial charge is 0.494 e. The molecular formula is C33H44N9O2P. The normalized spacial score (nSPS) is 16.5. The molecule has 0 unspecified atom stereocenters. The van der Waals surface area contributed by atoms with E-state index in [1.54, 1.807) is 39.2 Å². The molecule has 2 aliphatic heterocycles. The number of H-pyrrole nitrogens is 1. The highest BCUT2D eigenvalue weighted by Gasteiger charge is 2.27. The predicted octanol–water partition coefficient (Wildman–Crippen LogP) is 5.05. The standard InChI is InChI=1S/C33H44N9O2P/c1-5-23-18-27(30(44-2)19-29(23)42-14-10-24(11-15-42)41-16-12-34-13-17-41)39-33-36-20-25(28-21-35-22-37-28)32(40-33)38-26-8-6-7-9-31(26)45(3,4)43/h6-9,18-22,24,34H,5,10-17H2,1-4H3,(H,35,37)(H2,36,38,39,40). The Balaban J connectivity index is 1.27. The van der Waals surface area contributed by atoms with E-state index in [0.29, 0.717) is 17.8 Å². The predicted molar refractivity (Wildman–Crippen MR) is 184 cm³/mol. The molecule has 4 aromatic rings. The zero-order valence-electron chi connectivity index (χ0n) is 26.6. The number of piperazine rings is 1. The summed E-state index contributed by atoms with van der Waals surface area (Å²) in [4.78, 5) is 22.1. The lowest BCUT2D eigenvalue weighted by Crippen LogP contribution is -2.52. The Morgan fingerprint density at radius 3 is 2.49 bits per heavy atom. The number of hydrogen-bond acceptors (Lipinski definition) is 10. The molecule has 0 spiro atoms. The summed E-state index contributed by atoms with van der Waals surface area (Å²) < 4.78 is 19.0. The fourth-order valence-corrected chi connectivity index (χ4v) is 7.57. The molecule has 0 amide bonds. The maximum absolute atomic E-state index is 13.1. The van der Waals surface area contributed by atoms with Crippen LogP contribution in [0.3, 0.4) is 0 Å². The number of piperidine rings is 1. The first kappa shape index (κ1) is 31.1. The van der Waals surface area contributed by atoms with Crippen LogP contribution in [-0.2, 0) is 11.0 Å². The summed E-state index contributed by atoms with van der Waals surface area (Å²) in [7, 11) is -0.848. The van der Waals surface area contributed by atoms with Crippen molar-refractivity contribution in [2.24, 2.45) is 0 Å². The topological polar surface area (TPSA) is 123 Å². The van der Waals surface area contributed by atoms with Crippen LogP contribution >= 0.6 is 7.14 Å². The summed E-state index contributed by atoms with van der Waals surface area (Å²) in [6.07, 6.45) is 8.35. The second-order valence-electron chi connectivity index (χ2n) is 12.1. The van der Waals surface area contributed by atoms with Crippen LogP contribution in [0, 0.1) is 0 Å². The molecule has 0 aliphatic carbocycles. The highest BCUT2D eigenvalue weighted by atomic mass is 31.2. The number of anilines is 5. The molecule has 4 N–H and O–H groups in total. The van der Waals surface area contributed by atoms with E-state index < -0.39 is 7.14 Å². The molecule has 12 heteroatoms. The molecule has 0 atom stereocenters. The molecule has 0 radical (unpaired) electrons. The Kier molecular flexibility index (Phi) is 9.40. The van der Waals surface area contributed by atoms with E-state index in [1.807, 2.05) is 24.3 Å². The Morgan fingerprint density at radius 2 is 1.80 bits per heavy atom. The number of aromatic nitrogens is 4. The van der Waals surface area contributed by atoms with Crippen molar-refractivity contribution in [3.05, 3.63) is 60.7 Å². The smallest absolute Gasteiger partial charge is 0.229 e. The lowest BCUT2D eigenvalue weighted by Gasteiger charge is -2.41. The van der Waals surface area contributed by atoms with E-state index in [0.717, 1.165) is 79.4 Å². The summed E-state index contributed by atoms with van der Waals surface area (Å²) in [6.45, 7) is 12.3. The molecule has 0 bridgehead atoms. The monoisotopic (exact) mass is 629 g/mol. The molecule has 0 saturated carbocycles. The van der Waals surface area contributed by atoms with Crippen molar-refractivity contribution in [1.82, 2.24) is 30.2 Å². The Bertz CT molecular complexity index is 1640. The van der Waals surface area contributed by atoms with Crippen molar-refractivity contribution in [2.45, 2.75) is 32.2 Å². The third kappa shape index (κ3) is 7.01. The van der Waals surface area contributed by atoms with Crippen LogP contribution < -0.4 is 30.9 Å². The SMILES string of the molecule is CCc1cc(Nc2ncc(-c3cnc[nH]3)c(Nc3ccccc3P(C)(C)=O)n2)c(OC)cc1N1CCC(N2CCNCC2)CC1. The van der Waals surface area contributed by atoms with Gasteiger partial charge in [0.1, 0.15) is 18.7 Å². The third-order valence-corrected chi connectivity index (χ3v) is 10.4. The van der Waals surface area contributed by atoms with Gasteiger partial charge in [-0.3, -0.25) is 4.90 Å². The zero-order valence-corrected chi connectivity index (χ0v) is 27.5. The van der Waals surface area contributed by atoms with Crippen LogP contribution in [0.1, 0.15) is 25.3 Å². The van der Waals surface area contributed by atoms with Gasteiger partial charge in [0.25, 0.3) is 0 Å². The number of nitrogens with one attached hydrogen (secondary N) is 4. The van der Waals surface area contributed by atoms with Crippen LogP contribution in [0.15, 0.2) is 55.1 Å². The van der Waals surface area contributed by atoms with E-state index in [2.05, 4.69) is 59.8 Å². The van der Waals surface area contributed by atoms with Gasteiger partial charge in [0.05, 0.1) is 42.3 Å². The Labute approximate surface area is 265 Å². The zero-order chi connectivity index (χ0) is 31.4. The van der Waals surface area contributed by atoms with Crippen LogP contribution in [0.4, 0.5) is 28.8 Å². The average Bonchev–Trinajstić information content (AvgIpc) is 3.60. The van der Waals surface area contributed by atoms with Crippen molar-refractivity contribution in [1.29, 1.82) is 0 Å². The van der Waals surface area contributed by atoms with E-state index in [-0.39, 0.29) is 0 Å². The van der Waals surface area contributed by atoms with Crippen LogP contribution in [0.25, 0.3) is 11.3 Å². The molecule has 2 saturated heterocycles. The summed E-state index contributed by atoms with van der Waals surface area (Å²) in [5, 5.41) is 11.1. The Hall–Kier alpha value is -3.92. The van der Waals surface area contributed by atoms with Gasteiger partial charge in [-0.25, -0.2) is 9.97 Å². The number of nitrogens with zero attached hydrogens (tertiary/aromatic N) is 5. The molecule has 2 aromatic carbocycles. The second-order valence-corrected chi connectivity index (χ2v) is 15.3. The lowest BCUT2D eigenvalue weighted by molar-refractivity contribution is 0.150. The molecule has 4 heterocycles. The fourth-order valence-electron chi connectivity index (χ4n) is 6.41. The first-order valence-corrected chi connectivity index (χ1v) is 18.4. The molecule has 238 valence electrons. The number of aromatic amines is 1. The van der Waals surface area contributed by atoms with Gasteiger partial charge in [0, 0.05) is 68.6 Å². The first-order chi connectivity index (χ1) is 21.8. The summed E-state index contributed by atoms with van der Waals surface area (Å²) in [6, 6.07) is 12.6. The van der Waals surface area contributed by atoms with Crippen molar-refractivity contribution < 1.29 is 9.30 Å². The van der Waals surface area contributed by atoms with Crippen LogP contribution in [0.5, 0.6) is 5.75 Å². The Morgan fingerprint density at radius 1 is 1.02 bits per heavy atom. The molecule has 6 rings (SSSR count). The van der Waals surface area contributed by atoms with Gasteiger partial charge in [-0.05, 0) is 56.4 Å². The molecule has 2 aliphatic rings. The first-order valence-electron chi connectivity index (χ1n) is 15.8. The van der Waals surface area contributed by atoms with Crippen molar-refractivity contribution in [3.63, 3.8) is 0 Å². The van der Waals surface area contributed by atoms with Gasteiger partial charge in [-0.2, -0.15) is 4.98 Å². The van der Waals surface area contributed by atoms with Gasteiger partial charge in [0.2, 0.25) is 5.95 Å². The number of para-hydroxylation sites is 1. The number of benzene rings is 2. The van der Waals surface area contributed by atoms with Crippen molar-refractivity contribution in [3.8, 4) is 17.0 Å². The minimum absolute atomic E-state index is 0.416. The molecular weight excluding hydrogens is 585 g/mol. The maximum atomic E-state index is 13.1. The summed E-state index contributed by atoms with van der Waals surface area (Å²) in [5.41, 5.74) is 5.55. The minimum atomic E-state index is -2.55. The number of imidazole rings is 1. The quantitative estimate of drug-likeness (QED) is 0.177. The minimum Gasteiger partial charge on any atom is -0.494 e. The van der Waals surface area contributed by atoms with Crippen LogP contribution in [0.2, 0.25) is 0 Å². The average molecular weight is 630 g/mol. The van der Waals surface area contributed by atoms with Gasteiger partial charge in [-0.1, -0.05) is 19.1 Å². The van der Waals surface area contributed by atoms with E-state index in [1.165, 1.54) is 24.1 Å². The number of ether oxygens (including phenoxy) is 1. The van der Waals surface area contributed by atoms with E-state index in [4.69, 9.17) is 9.72 Å². The number of rotatable bonds is 10. The van der Waals surface area contributed by atoms with Gasteiger partial charge < -0.3 is 35.1 Å². The van der Waals surface area contributed by atoms with Crippen LogP contribution in [-0.4, -0.2) is 90.6 Å². The van der Waals surface area contributed by atoms with Crippen molar-refractivity contribution in [2.75, 3.05) is 75.2 Å². The fraction of sp³-hybridized carbons (Fsp3) is 0.424. The summed E-state index contributed by atoms with van der Waals surface area (Å²) >= 11 is 0. The van der Waals surface area contributed by atoms with Gasteiger partial charge >= 0.3 is 0 Å². The van der Waals surface area contributed by atoms with Gasteiger partial charge in [-0.15, -0.1) is 0 Å². The maximum Gasteiger partial charge on any atom is 0.229 e. The summed E-state index contributed by atoms with van der Waals surface area (Å²) in [5.74, 6) is 1.72. The molecule has 2 aromatic heterocycles. The van der Waals surface area contributed by atoms with E-state index >= 15 is 0 Å². The number of hydrogen-bond donors (Lipinski definition) is 4. The lowest BCUT2D eigenvalue weighted by atomic mass is 9.99. The molecule has 45 heavy (non-hydrogen) atoms. The second kappa shape index (κ2) is 13.6. The third-order valence-electron chi connectivity index (χ3n) is 8.82.